The average molecular weight is 238 g/mol. The van der Waals surface area contributed by atoms with Gasteiger partial charge in [-0.15, -0.1) is 0 Å². The van der Waals surface area contributed by atoms with Gasteiger partial charge in [0.25, 0.3) is 0 Å². The van der Waals surface area contributed by atoms with Gasteiger partial charge in [-0.1, -0.05) is 13.0 Å². The molecule has 4 heteroatoms. The number of ether oxygens (including phenoxy) is 1. The Hall–Kier alpha value is -1.42. The second-order valence-electron chi connectivity index (χ2n) is 4.55. The highest BCUT2D eigenvalue weighted by Gasteiger charge is 2.08. The first-order chi connectivity index (χ1) is 8.04. The van der Waals surface area contributed by atoms with E-state index < -0.39 is 0 Å². The number of benzene rings is 1. The summed E-state index contributed by atoms with van der Waals surface area (Å²) in [6, 6.07) is 5.67. The maximum atomic E-state index is 8.96. The summed E-state index contributed by atoms with van der Waals surface area (Å²) in [5, 5.41) is 12.2. The molecule has 0 aliphatic heterocycles. The second kappa shape index (κ2) is 6.35. The molecule has 1 atom stereocenters. The van der Waals surface area contributed by atoms with Crippen molar-refractivity contribution in [1.82, 2.24) is 0 Å². The van der Waals surface area contributed by atoms with Crippen molar-refractivity contribution in [2.75, 3.05) is 24.2 Å². The van der Waals surface area contributed by atoms with E-state index in [2.05, 4.69) is 5.32 Å². The molecule has 0 heterocycles. The van der Waals surface area contributed by atoms with Crippen LogP contribution in [0.5, 0.6) is 5.75 Å². The van der Waals surface area contributed by atoms with Crippen molar-refractivity contribution in [2.45, 2.75) is 26.9 Å². The topological polar surface area (TPSA) is 67.5 Å². The van der Waals surface area contributed by atoms with Gasteiger partial charge in [-0.25, -0.2) is 0 Å². The summed E-state index contributed by atoms with van der Waals surface area (Å²) in [6.07, 6.45) is 0.101. The fraction of sp³-hybridized carbons (Fsp3) is 0.538. The van der Waals surface area contributed by atoms with Gasteiger partial charge in [-0.2, -0.15) is 0 Å². The van der Waals surface area contributed by atoms with Crippen LogP contribution in [0, 0.1) is 5.92 Å². The SMILES string of the molecule is CC(CO)CNc1cccc(OC(C)C)c1N. The first-order valence-corrected chi connectivity index (χ1v) is 5.94. The van der Waals surface area contributed by atoms with E-state index in [-0.39, 0.29) is 18.6 Å². The first-order valence-electron chi connectivity index (χ1n) is 5.94. The molecule has 0 aromatic heterocycles. The number of anilines is 2. The highest BCUT2D eigenvalue weighted by Crippen LogP contribution is 2.30. The summed E-state index contributed by atoms with van der Waals surface area (Å²) in [5.74, 6) is 0.894. The third-order valence-electron chi connectivity index (χ3n) is 2.38. The number of aliphatic hydroxyl groups is 1. The van der Waals surface area contributed by atoms with Crippen molar-refractivity contribution in [3.63, 3.8) is 0 Å². The van der Waals surface area contributed by atoms with E-state index in [1.165, 1.54) is 0 Å². The smallest absolute Gasteiger partial charge is 0.144 e. The van der Waals surface area contributed by atoms with Crippen molar-refractivity contribution in [2.24, 2.45) is 5.92 Å². The van der Waals surface area contributed by atoms with Gasteiger partial charge in [0.15, 0.2) is 0 Å². The standard InChI is InChI=1S/C13H22N2O2/c1-9(2)17-12-6-4-5-11(13(12)14)15-7-10(3)8-16/h4-6,9-10,15-16H,7-8,14H2,1-3H3. The van der Waals surface area contributed by atoms with Gasteiger partial charge in [-0.05, 0) is 31.9 Å². The van der Waals surface area contributed by atoms with Gasteiger partial charge in [0, 0.05) is 13.2 Å². The minimum Gasteiger partial charge on any atom is -0.489 e. The zero-order valence-electron chi connectivity index (χ0n) is 10.7. The molecule has 4 nitrogen and oxygen atoms in total. The number of para-hydroxylation sites is 1. The maximum Gasteiger partial charge on any atom is 0.144 e. The predicted octanol–water partition coefficient (Wildman–Crippen LogP) is 2.10. The number of nitrogen functional groups attached to an aromatic ring is 1. The predicted molar refractivity (Wildman–Crippen MR) is 71.4 cm³/mol. The molecule has 0 aliphatic rings. The van der Waals surface area contributed by atoms with Crippen LogP contribution in [0.3, 0.4) is 0 Å². The van der Waals surface area contributed by atoms with E-state index in [0.29, 0.717) is 18.0 Å². The van der Waals surface area contributed by atoms with Crippen LogP contribution >= 0.6 is 0 Å². The van der Waals surface area contributed by atoms with Crippen LogP contribution in [-0.2, 0) is 0 Å². The van der Waals surface area contributed by atoms with E-state index in [0.717, 1.165) is 5.69 Å². The molecule has 0 saturated carbocycles. The molecule has 1 rings (SSSR count). The minimum atomic E-state index is 0.101. The summed E-state index contributed by atoms with van der Waals surface area (Å²) in [5.41, 5.74) is 7.48. The molecule has 0 spiro atoms. The largest absolute Gasteiger partial charge is 0.489 e. The average Bonchev–Trinajstić information content (AvgIpc) is 2.29. The van der Waals surface area contributed by atoms with Crippen LogP contribution in [0.25, 0.3) is 0 Å². The number of hydrogen-bond acceptors (Lipinski definition) is 4. The zero-order chi connectivity index (χ0) is 12.8. The normalized spacial score (nSPS) is 12.5. The number of nitrogens with two attached hydrogens (primary N) is 1. The van der Waals surface area contributed by atoms with Crippen LogP contribution in [0.15, 0.2) is 18.2 Å². The molecule has 0 saturated heterocycles. The quantitative estimate of drug-likeness (QED) is 0.664. The second-order valence-corrected chi connectivity index (χ2v) is 4.55. The molecule has 0 bridgehead atoms. The van der Waals surface area contributed by atoms with Gasteiger partial charge in [-0.3, -0.25) is 0 Å². The molecule has 0 amide bonds. The molecule has 1 unspecified atom stereocenters. The summed E-state index contributed by atoms with van der Waals surface area (Å²) in [4.78, 5) is 0. The van der Waals surface area contributed by atoms with Gasteiger partial charge in [0.2, 0.25) is 0 Å². The fourth-order valence-electron chi connectivity index (χ4n) is 1.40. The third kappa shape index (κ3) is 4.15. The number of hydrogen-bond donors (Lipinski definition) is 3. The van der Waals surface area contributed by atoms with Crippen LogP contribution in [0.1, 0.15) is 20.8 Å². The number of nitrogens with one attached hydrogen (secondary N) is 1. The molecule has 0 radical (unpaired) electrons. The molecular weight excluding hydrogens is 216 g/mol. The van der Waals surface area contributed by atoms with Crippen LogP contribution in [0.4, 0.5) is 11.4 Å². The molecule has 0 fully saturated rings. The van der Waals surface area contributed by atoms with E-state index in [4.69, 9.17) is 15.6 Å². The maximum absolute atomic E-state index is 8.96. The Kier molecular flexibility index (Phi) is 5.10. The third-order valence-corrected chi connectivity index (χ3v) is 2.38. The van der Waals surface area contributed by atoms with Gasteiger partial charge >= 0.3 is 0 Å². The highest BCUT2D eigenvalue weighted by atomic mass is 16.5. The van der Waals surface area contributed by atoms with E-state index in [1.54, 1.807) is 0 Å². The number of aliphatic hydroxyl groups excluding tert-OH is 1. The van der Waals surface area contributed by atoms with E-state index in [9.17, 15) is 0 Å². The number of rotatable bonds is 6. The van der Waals surface area contributed by atoms with Gasteiger partial charge in [0.05, 0.1) is 17.5 Å². The summed E-state index contributed by atoms with van der Waals surface area (Å²) < 4.78 is 5.60. The summed E-state index contributed by atoms with van der Waals surface area (Å²) in [6.45, 7) is 6.75. The zero-order valence-corrected chi connectivity index (χ0v) is 10.7. The van der Waals surface area contributed by atoms with Crippen molar-refractivity contribution < 1.29 is 9.84 Å². The molecule has 0 aliphatic carbocycles. The molecule has 1 aromatic rings. The van der Waals surface area contributed by atoms with Crippen molar-refractivity contribution in [3.05, 3.63) is 18.2 Å². The highest BCUT2D eigenvalue weighted by molar-refractivity contribution is 5.72. The van der Waals surface area contributed by atoms with Gasteiger partial charge in [0.1, 0.15) is 5.75 Å². The molecule has 1 aromatic carbocycles. The lowest BCUT2D eigenvalue weighted by molar-refractivity contribution is 0.243. The van der Waals surface area contributed by atoms with Crippen LogP contribution < -0.4 is 15.8 Å². The lowest BCUT2D eigenvalue weighted by Crippen LogP contribution is -2.16. The minimum absolute atomic E-state index is 0.101. The Morgan fingerprint density at radius 2 is 2.06 bits per heavy atom. The van der Waals surface area contributed by atoms with Crippen molar-refractivity contribution >= 4 is 11.4 Å². The van der Waals surface area contributed by atoms with Crippen LogP contribution in [-0.4, -0.2) is 24.4 Å². The van der Waals surface area contributed by atoms with Crippen molar-refractivity contribution in [3.8, 4) is 5.75 Å². The Labute approximate surface area is 103 Å². The summed E-state index contributed by atoms with van der Waals surface area (Å²) in [7, 11) is 0. The summed E-state index contributed by atoms with van der Waals surface area (Å²) >= 11 is 0. The molecular formula is C13H22N2O2. The van der Waals surface area contributed by atoms with Crippen LogP contribution in [0.2, 0.25) is 0 Å². The Balaban J connectivity index is 2.72. The molecule has 96 valence electrons. The van der Waals surface area contributed by atoms with E-state index in [1.807, 2.05) is 39.0 Å². The Morgan fingerprint density at radius 3 is 2.65 bits per heavy atom. The lowest BCUT2D eigenvalue weighted by atomic mass is 10.2. The molecule has 17 heavy (non-hydrogen) atoms. The molecule has 4 N–H and O–H groups in total. The van der Waals surface area contributed by atoms with Gasteiger partial charge < -0.3 is 20.9 Å². The lowest BCUT2D eigenvalue weighted by Gasteiger charge is -2.17. The Morgan fingerprint density at radius 1 is 1.35 bits per heavy atom. The Bertz CT molecular complexity index is 353. The fourth-order valence-corrected chi connectivity index (χ4v) is 1.40. The first kappa shape index (κ1) is 13.6. The van der Waals surface area contributed by atoms with E-state index >= 15 is 0 Å². The van der Waals surface area contributed by atoms with Crippen molar-refractivity contribution in [1.29, 1.82) is 0 Å². The monoisotopic (exact) mass is 238 g/mol.